The van der Waals surface area contributed by atoms with E-state index < -0.39 is 0 Å². The van der Waals surface area contributed by atoms with E-state index in [1.807, 2.05) is 6.07 Å². The van der Waals surface area contributed by atoms with Gasteiger partial charge in [0.1, 0.15) is 5.75 Å². The maximum atomic E-state index is 12.3. The first kappa shape index (κ1) is 16.6. The zero-order valence-electron chi connectivity index (χ0n) is 14.2. The second kappa shape index (κ2) is 6.44. The van der Waals surface area contributed by atoms with Crippen LogP contribution in [0.25, 0.3) is 0 Å². The molecule has 0 saturated heterocycles. The molecule has 2 atom stereocenters. The lowest BCUT2D eigenvalue weighted by molar-refractivity contribution is -0.131. The average molecular weight is 446 g/mol. The first-order chi connectivity index (χ1) is 12.1. The van der Waals surface area contributed by atoms with Crippen LogP contribution >= 0.6 is 22.6 Å². The fourth-order valence-electron chi connectivity index (χ4n) is 3.92. The summed E-state index contributed by atoms with van der Waals surface area (Å²) in [6.07, 6.45) is 1.96. The highest BCUT2D eigenvalue weighted by Gasteiger charge is 2.43. The topological polar surface area (TPSA) is 41.9 Å². The van der Waals surface area contributed by atoms with E-state index in [0.29, 0.717) is 0 Å². The van der Waals surface area contributed by atoms with Crippen molar-refractivity contribution >= 4 is 34.2 Å². The minimum Gasteiger partial charge on any atom is -0.497 e. The van der Waals surface area contributed by atoms with Crippen LogP contribution in [0.1, 0.15) is 36.1 Å². The molecule has 1 aliphatic carbocycles. The Morgan fingerprint density at radius 2 is 2.12 bits per heavy atom. The van der Waals surface area contributed by atoms with Crippen molar-refractivity contribution in [3.63, 3.8) is 0 Å². The molecule has 0 radical (unpaired) electrons. The Morgan fingerprint density at radius 3 is 2.84 bits per heavy atom. The van der Waals surface area contributed by atoms with Crippen LogP contribution in [-0.4, -0.2) is 23.7 Å². The lowest BCUT2D eigenvalue weighted by atomic mass is 9.77. The van der Waals surface area contributed by atoms with Gasteiger partial charge in [-0.2, -0.15) is 5.10 Å². The third-order valence-electron chi connectivity index (χ3n) is 5.04. The molecule has 0 fully saturated rings. The number of hydrogen-bond donors (Lipinski definition) is 0. The summed E-state index contributed by atoms with van der Waals surface area (Å²) < 4.78 is 6.52. The Bertz CT molecular complexity index is 878. The van der Waals surface area contributed by atoms with Crippen LogP contribution in [0.4, 0.5) is 0 Å². The Labute approximate surface area is 161 Å². The summed E-state index contributed by atoms with van der Waals surface area (Å²) in [7, 11) is 1.69. The molecule has 0 saturated carbocycles. The summed E-state index contributed by atoms with van der Waals surface area (Å²) in [6, 6.07) is 14.5. The van der Waals surface area contributed by atoms with Gasteiger partial charge in [0.2, 0.25) is 5.91 Å². The van der Waals surface area contributed by atoms with Gasteiger partial charge in [-0.25, -0.2) is 5.01 Å². The van der Waals surface area contributed by atoms with Crippen LogP contribution in [0.5, 0.6) is 5.75 Å². The van der Waals surface area contributed by atoms with E-state index in [2.05, 4.69) is 59.0 Å². The van der Waals surface area contributed by atoms with Crippen LogP contribution in [-0.2, 0) is 11.2 Å². The van der Waals surface area contributed by atoms with Crippen molar-refractivity contribution in [1.82, 2.24) is 5.01 Å². The van der Waals surface area contributed by atoms with Crippen LogP contribution in [0.2, 0.25) is 0 Å². The fourth-order valence-corrected chi connectivity index (χ4v) is 4.48. The van der Waals surface area contributed by atoms with Gasteiger partial charge in [0.05, 0.1) is 18.9 Å². The quantitative estimate of drug-likeness (QED) is 0.650. The smallest absolute Gasteiger partial charge is 0.240 e. The number of nitrogens with zero attached hydrogens (tertiary/aromatic N) is 2. The number of amides is 1. The van der Waals surface area contributed by atoms with E-state index in [-0.39, 0.29) is 17.9 Å². The second-order valence-corrected chi connectivity index (χ2v) is 7.76. The van der Waals surface area contributed by atoms with Gasteiger partial charge in [0.25, 0.3) is 0 Å². The Morgan fingerprint density at radius 1 is 1.28 bits per heavy atom. The summed E-state index contributed by atoms with van der Waals surface area (Å²) in [6.45, 7) is 1.59. The Kier molecular flexibility index (Phi) is 4.27. The number of halogens is 1. The molecule has 0 unspecified atom stereocenters. The zero-order valence-corrected chi connectivity index (χ0v) is 16.4. The van der Waals surface area contributed by atoms with Crippen molar-refractivity contribution in [2.24, 2.45) is 11.0 Å². The molecule has 128 valence electrons. The monoisotopic (exact) mass is 446 g/mol. The van der Waals surface area contributed by atoms with E-state index in [1.54, 1.807) is 19.0 Å². The van der Waals surface area contributed by atoms with Gasteiger partial charge in [0, 0.05) is 22.0 Å². The molecule has 2 aromatic rings. The zero-order chi connectivity index (χ0) is 17.6. The molecule has 4 rings (SSSR count). The molecule has 1 heterocycles. The number of carbonyl (C=O) groups is 1. The van der Waals surface area contributed by atoms with Gasteiger partial charge < -0.3 is 4.74 Å². The van der Waals surface area contributed by atoms with E-state index in [1.165, 1.54) is 9.13 Å². The third-order valence-corrected chi connectivity index (χ3v) is 5.71. The number of rotatable bonds is 2. The lowest BCUT2D eigenvalue weighted by Gasteiger charge is -2.29. The standard InChI is InChI=1S/C20H19IN2O2/c1-12(24)23-20(14-4-3-5-15(21)10-14)18-8-6-13-11-16(25-2)7-9-17(13)19(18)22-23/h3-5,7,9-11,18,20H,6,8H2,1-2H3/t18-,20-/m1/s1. The summed E-state index contributed by atoms with van der Waals surface area (Å²) >= 11 is 2.32. The largest absolute Gasteiger partial charge is 0.497 e. The number of ether oxygens (including phenoxy) is 1. The van der Waals surface area contributed by atoms with Crippen molar-refractivity contribution in [1.29, 1.82) is 0 Å². The Hall–Kier alpha value is -1.89. The summed E-state index contributed by atoms with van der Waals surface area (Å²) in [4.78, 5) is 12.3. The van der Waals surface area contributed by atoms with Crippen LogP contribution in [0.3, 0.4) is 0 Å². The predicted molar refractivity (Wildman–Crippen MR) is 106 cm³/mol. The fraction of sp³-hybridized carbons (Fsp3) is 0.300. The molecule has 1 aliphatic heterocycles. The second-order valence-electron chi connectivity index (χ2n) is 6.52. The van der Waals surface area contributed by atoms with Crippen LogP contribution in [0, 0.1) is 9.49 Å². The maximum absolute atomic E-state index is 12.3. The maximum Gasteiger partial charge on any atom is 0.240 e. The van der Waals surface area contributed by atoms with Crippen molar-refractivity contribution < 1.29 is 9.53 Å². The molecule has 5 heteroatoms. The highest BCUT2D eigenvalue weighted by Crippen LogP contribution is 2.44. The summed E-state index contributed by atoms with van der Waals surface area (Å²) in [5.74, 6) is 1.09. The number of hydrogen-bond acceptors (Lipinski definition) is 3. The average Bonchev–Trinajstić information content (AvgIpc) is 3.01. The summed E-state index contributed by atoms with van der Waals surface area (Å²) in [5, 5.41) is 6.42. The number of aryl methyl sites for hydroxylation is 1. The van der Waals surface area contributed by atoms with E-state index in [9.17, 15) is 4.79 Å². The van der Waals surface area contributed by atoms with E-state index in [4.69, 9.17) is 9.84 Å². The molecule has 0 aromatic heterocycles. The number of fused-ring (bicyclic) bond motifs is 3. The third kappa shape index (κ3) is 2.84. The molecule has 2 aromatic carbocycles. The summed E-state index contributed by atoms with van der Waals surface area (Å²) in [5.41, 5.74) is 4.59. The van der Waals surface area contributed by atoms with E-state index in [0.717, 1.165) is 35.4 Å². The molecular weight excluding hydrogens is 427 g/mol. The van der Waals surface area contributed by atoms with Crippen molar-refractivity contribution in [3.05, 3.63) is 62.7 Å². The molecule has 4 nitrogen and oxygen atoms in total. The molecule has 0 N–H and O–H groups in total. The number of hydrazone groups is 1. The van der Waals surface area contributed by atoms with Gasteiger partial charge in [-0.15, -0.1) is 0 Å². The first-order valence-corrected chi connectivity index (χ1v) is 9.47. The van der Waals surface area contributed by atoms with Crippen molar-refractivity contribution in [2.45, 2.75) is 25.8 Å². The number of methoxy groups -OCH3 is 1. The predicted octanol–water partition coefficient (Wildman–Crippen LogP) is 4.17. The highest BCUT2D eigenvalue weighted by molar-refractivity contribution is 14.1. The number of carbonyl (C=O) groups excluding carboxylic acids is 1. The van der Waals surface area contributed by atoms with Gasteiger partial charge in [-0.3, -0.25) is 4.79 Å². The van der Waals surface area contributed by atoms with Crippen molar-refractivity contribution in [3.8, 4) is 5.75 Å². The molecule has 1 amide bonds. The first-order valence-electron chi connectivity index (χ1n) is 8.39. The molecule has 2 aliphatic rings. The SMILES string of the molecule is COc1ccc2c(c1)CC[C@@H]1C2=NN(C(C)=O)[C@@H]1c1cccc(I)c1. The van der Waals surface area contributed by atoms with Crippen molar-refractivity contribution in [2.75, 3.05) is 7.11 Å². The molecule has 0 bridgehead atoms. The molecule has 0 spiro atoms. The van der Waals surface area contributed by atoms with Gasteiger partial charge in [-0.1, -0.05) is 12.1 Å². The van der Waals surface area contributed by atoms with Gasteiger partial charge in [0.15, 0.2) is 0 Å². The lowest BCUT2D eigenvalue weighted by Crippen LogP contribution is -2.31. The minimum absolute atomic E-state index is 0.0131. The molecule has 25 heavy (non-hydrogen) atoms. The molecular formula is C20H19IN2O2. The highest BCUT2D eigenvalue weighted by atomic mass is 127. The van der Waals surface area contributed by atoms with Crippen LogP contribution in [0.15, 0.2) is 47.6 Å². The normalized spacial score (nSPS) is 21.4. The minimum atomic E-state index is -0.0162. The van der Waals surface area contributed by atoms with Crippen LogP contribution < -0.4 is 4.74 Å². The Balaban J connectivity index is 1.79. The van der Waals surface area contributed by atoms with E-state index >= 15 is 0 Å². The van der Waals surface area contributed by atoms with Gasteiger partial charge in [-0.05, 0) is 76.9 Å². The number of benzene rings is 2. The van der Waals surface area contributed by atoms with Gasteiger partial charge >= 0.3 is 0 Å².